The third-order valence-electron chi connectivity index (χ3n) is 1.17. The van der Waals surface area contributed by atoms with Crippen molar-refractivity contribution in [3.05, 3.63) is 12.0 Å². The number of carboxylic acid groups (broad SMARTS) is 1. The molecule has 0 spiro atoms. The van der Waals surface area contributed by atoms with Crippen LogP contribution >= 0.6 is 0 Å². The second-order valence-electron chi connectivity index (χ2n) is 1.89. The average Bonchev–Trinajstić information content (AvgIpc) is 2.11. The van der Waals surface area contributed by atoms with E-state index in [-0.39, 0.29) is 11.5 Å². The molecule has 1 rings (SSSR count). The minimum absolute atomic E-state index is 0.0278. The highest BCUT2D eigenvalue weighted by Crippen LogP contribution is 2.06. The summed E-state index contributed by atoms with van der Waals surface area (Å²) >= 11 is 0. The van der Waals surface area contributed by atoms with Crippen LogP contribution in [0.4, 0.5) is 5.82 Å². The van der Waals surface area contributed by atoms with E-state index in [1.54, 1.807) is 7.05 Å². The number of nitrogens with zero attached hydrogens (tertiary/aromatic N) is 2. The van der Waals surface area contributed by atoms with E-state index in [1.807, 2.05) is 0 Å². The van der Waals surface area contributed by atoms with Crippen molar-refractivity contribution in [2.45, 2.75) is 0 Å². The van der Waals surface area contributed by atoms with Gasteiger partial charge in [-0.1, -0.05) is 0 Å². The molecule has 0 unspecified atom stereocenters. The molecule has 0 radical (unpaired) electrons. The zero-order valence-corrected chi connectivity index (χ0v) is 5.40. The van der Waals surface area contributed by atoms with Crippen molar-refractivity contribution in [2.75, 3.05) is 5.73 Å². The lowest BCUT2D eigenvalue weighted by atomic mass is 10.4. The van der Waals surface area contributed by atoms with E-state index in [0.29, 0.717) is 0 Å². The van der Waals surface area contributed by atoms with Crippen LogP contribution in [0.1, 0.15) is 10.5 Å². The minimum atomic E-state index is -1.06. The number of nitrogen functional groups attached to an aromatic ring is 1. The molecule has 0 fully saturated rings. The number of imidazole rings is 1. The number of anilines is 1. The molecule has 0 saturated heterocycles. The Kier molecular flexibility index (Phi) is 1.33. The highest BCUT2D eigenvalue weighted by atomic mass is 16.4. The van der Waals surface area contributed by atoms with Crippen LogP contribution in [0.15, 0.2) is 6.33 Å². The third kappa shape index (κ3) is 0.812. The number of rotatable bonds is 1. The van der Waals surface area contributed by atoms with E-state index in [2.05, 4.69) is 4.98 Å². The SMILES string of the molecule is Cn1cnc(N)c1C(=O)O. The molecule has 5 nitrogen and oxygen atoms in total. The number of carbonyl (C=O) groups is 1. The first-order valence-electron chi connectivity index (χ1n) is 2.63. The summed E-state index contributed by atoms with van der Waals surface area (Å²) in [7, 11) is 1.58. The van der Waals surface area contributed by atoms with Crippen LogP contribution in [0, 0.1) is 0 Å². The largest absolute Gasteiger partial charge is 0.476 e. The fourth-order valence-corrected chi connectivity index (χ4v) is 0.709. The molecule has 54 valence electrons. The maximum Gasteiger partial charge on any atom is 0.356 e. The standard InChI is InChI=1S/C5H7N3O2/c1-8-2-7-4(6)3(8)5(9)10/h2H,6H2,1H3,(H,9,10). The highest BCUT2D eigenvalue weighted by molar-refractivity contribution is 5.90. The van der Waals surface area contributed by atoms with Crippen LogP contribution in [0.2, 0.25) is 0 Å². The van der Waals surface area contributed by atoms with Crippen LogP contribution in [-0.2, 0) is 7.05 Å². The molecule has 0 aliphatic carbocycles. The molecular weight excluding hydrogens is 134 g/mol. The fraction of sp³-hybridized carbons (Fsp3) is 0.200. The normalized spacial score (nSPS) is 9.70. The van der Waals surface area contributed by atoms with E-state index in [4.69, 9.17) is 10.8 Å². The summed E-state index contributed by atoms with van der Waals surface area (Å²) < 4.78 is 1.36. The monoisotopic (exact) mass is 141 g/mol. The molecule has 0 saturated carbocycles. The van der Waals surface area contributed by atoms with Crippen LogP contribution in [0.25, 0.3) is 0 Å². The third-order valence-corrected chi connectivity index (χ3v) is 1.17. The molecule has 0 aliphatic heterocycles. The molecule has 0 aliphatic rings. The van der Waals surface area contributed by atoms with E-state index < -0.39 is 5.97 Å². The van der Waals surface area contributed by atoms with Gasteiger partial charge in [-0.3, -0.25) is 0 Å². The Hall–Kier alpha value is -1.52. The van der Waals surface area contributed by atoms with Gasteiger partial charge in [0.15, 0.2) is 11.5 Å². The van der Waals surface area contributed by atoms with Gasteiger partial charge < -0.3 is 15.4 Å². The summed E-state index contributed by atoms with van der Waals surface area (Å²) in [4.78, 5) is 14.0. The smallest absolute Gasteiger partial charge is 0.356 e. The molecule has 3 N–H and O–H groups in total. The Morgan fingerprint density at radius 2 is 2.50 bits per heavy atom. The van der Waals surface area contributed by atoms with Crippen molar-refractivity contribution in [3.63, 3.8) is 0 Å². The topological polar surface area (TPSA) is 81.1 Å². The van der Waals surface area contributed by atoms with E-state index in [0.717, 1.165) is 0 Å². The Labute approximate surface area is 57.1 Å². The predicted octanol–water partition coefficient (Wildman–Crippen LogP) is -0.300. The first kappa shape index (κ1) is 6.60. The molecule has 0 atom stereocenters. The molecule has 0 bridgehead atoms. The van der Waals surface area contributed by atoms with Crippen LogP contribution in [0.5, 0.6) is 0 Å². The van der Waals surface area contributed by atoms with E-state index in [9.17, 15) is 4.79 Å². The predicted molar refractivity (Wildman–Crippen MR) is 34.6 cm³/mol. The summed E-state index contributed by atoms with van der Waals surface area (Å²) in [6.45, 7) is 0. The van der Waals surface area contributed by atoms with Gasteiger partial charge in [-0.15, -0.1) is 0 Å². The minimum Gasteiger partial charge on any atom is -0.476 e. The lowest BCUT2D eigenvalue weighted by Crippen LogP contribution is -2.06. The summed E-state index contributed by atoms with van der Waals surface area (Å²) in [5.74, 6) is -1.01. The Bertz CT molecular complexity index is 246. The lowest BCUT2D eigenvalue weighted by Gasteiger charge is -1.93. The Morgan fingerprint density at radius 1 is 1.90 bits per heavy atom. The summed E-state index contributed by atoms with van der Waals surface area (Å²) in [6.07, 6.45) is 1.36. The summed E-state index contributed by atoms with van der Waals surface area (Å²) in [5.41, 5.74) is 5.26. The van der Waals surface area contributed by atoms with Crippen LogP contribution < -0.4 is 5.73 Å². The number of nitrogens with two attached hydrogens (primary N) is 1. The number of hydrogen-bond donors (Lipinski definition) is 2. The number of aromatic carboxylic acids is 1. The second-order valence-corrected chi connectivity index (χ2v) is 1.89. The quantitative estimate of drug-likeness (QED) is 0.562. The van der Waals surface area contributed by atoms with Crippen molar-refractivity contribution in [3.8, 4) is 0 Å². The van der Waals surface area contributed by atoms with Gasteiger partial charge in [-0.05, 0) is 0 Å². The molecule has 10 heavy (non-hydrogen) atoms. The van der Waals surface area contributed by atoms with Gasteiger partial charge in [0.25, 0.3) is 0 Å². The van der Waals surface area contributed by atoms with Gasteiger partial charge in [-0.2, -0.15) is 0 Å². The van der Waals surface area contributed by atoms with Crippen molar-refractivity contribution >= 4 is 11.8 Å². The maximum absolute atomic E-state index is 10.4. The van der Waals surface area contributed by atoms with Gasteiger partial charge in [-0.25, -0.2) is 9.78 Å². The molecule has 0 aromatic carbocycles. The number of aromatic nitrogens is 2. The Balaban J connectivity index is 3.23. The number of carboxylic acids is 1. The molecule has 0 amide bonds. The first-order chi connectivity index (χ1) is 4.63. The molecule has 5 heteroatoms. The van der Waals surface area contributed by atoms with E-state index >= 15 is 0 Å². The molecule has 1 aromatic rings. The van der Waals surface area contributed by atoms with Crippen LogP contribution in [0.3, 0.4) is 0 Å². The van der Waals surface area contributed by atoms with Gasteiger partial charge in [0.05, 0.1) is 6.33 Å². The first-order valence-corrected chi connectivity index (χ1v) is 2.63. The molecular formula is C5H7N3O2. The van der Waals surface area contributed by atoms with Gasteiger partial charge in [0, 0.05) is 7.05 Å². The van der Waals surface area contributed by atoms with Crippen molar-refractivity contribution in [2.24, 2.45) is 7.05 Å². The number of hydrogen-bond acceptors (Lipinski definition) is 3. The molecule has 1 heterocycles. The van der Waals surface area contributed by atoms with Crippen molar-refractivity contribution < 1.29 is 9.90 Å². The van der Waals surface area contributed by atoms with Crippen molar-refractivity contribution in [1.29, 1.82) is 0 Å². The highest BCUT2D eigenvalue weighted by Gasteiger charge is 2.12. The zero-order chi connectivity index (χ0) is 7.72. The van der Waals surface area contributed by atoms with E-state index in [1.165, 1.54) is 10.9 Å². The molecule has 1 aromatic heterocycles. The second kappa shape index (κ2) is 2.02. The van der Waals surface area contributed by atoms with Gasteiger partial charge in [0.2, 0.25) is 0 Å². The average molecular weight is 141 g/mol. The van der Waals surface area contributed by atoms with Gasteiger partial charge in [0.1, 0.15) is 0 Å². The zero-order valence-electron chi connectivity index (χ0n) is 5.40. The van der Waals surface area contributed by atoms with Crippen molar-refractivity contribution in [1.82, 2.24) is 9.55 Å². The summed E-state index contributed by atoms with van der Waals surface area (Å²) in [6, 6.07) is 0. The fourth-order valence-electron chi connectivity index (χ4n) is 0.709. The van der Waals surface area contributed by atoms with Gasteiger partial charge >= 0.3 is 5.97 Å². The van der Waals surface area contributed by atoms with Crippen LogP contribution in [-0.4, -0.2) is 20.6 Å². The lowest BCUT2D eigenvalue weighted by molar-refractivity contribution is 0.0688. The Morgan fingerprint density at radius 3 is 2.70 bits per heavy atom. The summed E-state index contributed by atoms with van der Waals surface area (Å²) in [5, 5.41) is 8.49. The number of aryl methyl sites for hydroxylation is 1. The maximum atomic E-state index is 10.4.